The quantitative estimate of drug-likeness (QED) is 0.836. The molecule has 0 aliphatic rings. The van der Waals surface area contributed by atoms with Gasteiger partial charge in [-0.15, -0.1) is 11.6 Å². The lowest BCUT2D eigenvalue weighted by molar-refractivity contribution is 0.155. The Labute approximate surface area is 112 Å². The van der Waals surface area contributed by atoms with Crippen LogP contribution >= 0.6 is 11.6 Å². The van der Waals surface area contributed by atoms with Gasteiger partial charge in [0.2, 0.25) is 0 Å². The number of anilines is 1. The Balaban J connectivity index is 2.45. The van der Waals surface area contributed by atoms with Crippen molar-refractivity contribution in [3.05, 3.63) is 22.4 Å². The molecule has 0 saturated heterocycles. The van der Waals surface area contributed by atoms with Gasteiger partial charge < -0.3 is 4.90 Å². The van der Waals surface area contributed by atoms with Crippen molar-refractivity contribution in [3.63, 3.8) is 0 Å². The standard InChI is InChI=1S/C10H12ClF2N5O/c1-6-14-8(17(3-2-11)5-7(12)13)4-9-15-16-10(19)18(6)9/h4,7H,2-3,5H2,1H3,(H,16,19). The largest absolute Gasteiger partial charge is 0.350 e. The first-order valence-electron chi connectivity index (χ1n) is 5.56. The fourth-order valence-corrected chi connectivity index (χ4v) is 2.02. The molecule has 2 rings (SSSR count). The van der Waals surface area contributed by atoms with E-state index in [1.807, 2.05) is 0 Å². The first-order valence-corrected chi connectivity index (χ1v) is 6.10. The van der Waals surface area contributed by atoms with Gasteiger partial charge in [-0.2, -0.15) is 5.10 Å². The highest BCUT2D eigenvalue weighted by Gasteiger charge is 2.16. The molecule has 0 spiro atoms. The predicted octanol–water partition coefficient (Wildman–Crippen LogP) is 1.04. The molecule has 9 heteroatoms. The Morgan fingerprint density at radius 3 is 2.95 bits per heavy atom. The second-order valence-corrected chi connectivity index (χ2v) is 4.29. The van der Waals surface area contributed by atoms with Crippen LogP contribution in [0.4, 0.5) is 14.6 Å². The highest BCUT2D eigenvalue weighted by atomic mass is 35.5. The van der Waals surface area contributed by atoms with E-state index in [2.05, 4.69) is 15.2 Å². The van der Waals surface area contributed by atoms with Crippen LogP contribution in [0.3, 0.4) is 0 Å². The van der Waals surface area contributed by atoms with Crippen LogP contribution in [0.5, 0.6) is 0 Å². The zero-order valence-corrected chi connectivity index (χ0v) is 10.9. The number of alkyl halides is 3. The average molecular weight is 292 g/mol. The highest BCUT2D eigenvalue weighted by molar-refractivity contribution is 6.18. The smallest absolute Gasteiger partial charge is 0.349 e. The van der Waals surface area contributed by atoms with Gasteiger partial charge in [-0.1, -0.05) is 0 Å². The van der Waals surface area contributed by atoms with Crippen molar-refractivity contribution in [1.29, 1.82) is 0 Å². The maximum Gasteiger partial charge on any atom is 0.349 e. The van der Waals surface area contributed by atoms with Crippen molar-refractivity contribution in [2.45, 2.75) is 13.3 Å². The molecule has 0 unspecified atom stereocenters. The molecular weight excluding hydrogens is 280 g/mol. The third-order valence-corrected chi connectivity index (χ3v) is 2.76. The van der Waals surface area contributed by atoms with Gasteiger partial charge in [0.15, 0.2) is 5.65 Å². The molecule has 0 amide bonds. The first-order chi connectivity index (χ1) is 9.02. The number of nitrogens with one attached hydrogen (secondary N) is 1. The van der Waals surface area contributed by atoms with Crippen LogP contribution in [0.25, 0.3) is 5.65 Å². The summed E-state index contributed by atoms with van der Waals surface area (Å²) in [5.74, 6) is 0.900. The lowest BCUT2D eigenvalue weighted by Crippen LogP contribution is -2.32. The van der Waals surface area contributed by atoms with Crippen molar-refractivity contribution in [2.75, 3.05) is 23.9 Å². The van der Waals surface area contributed by atoms with Gasteiger partial charge in [-0.05, 0) is 6.92 Å². The topological polar surface area (TPSA) is 66.3 Å². The molecule has 0 saturated carbocycles. The lowest BCUT2D eigenvalue weighted by atomic mass is 10.4. The summed E-state index contributed by atoms with van der Waals surface area (Å²) in [6.45, 7) is 1.38. The summed E-state index contributed by atoms with van der Waals surface area (Å²) in [5.41, 5.74) is -0.0781. The maximum atomic E-state index is 12.5. The molecule has 2 heterocycles. The number of halogens is 3. The van der Waals surface area contributed by atoms with E-state index in [0.29, 0.717) is 17.3 Å². The summed E-state index contributed by atoms with van der Waals surface area (Å²) in [6.07, 6.45) is -2.50. The number of hydrogen-bond donors (Lipinski definition) is 1. The summed E-state index contributed by atoms with van der Waals surface area (Å²) < 4.78 is 26.3. The number of H-pyrrole nitrogens is 1. The maximum absolute atomic E-state index is 12.5. The van der Waals surface area contributed by atoms with Gasteiger partial charge in [0, 0.05) is 18.5 Å². The number of fused-ring (bicyclic) bond motifs is 1. The molecule has 0 atom stereocenters. The number of aromatic nitrogens is 4. The third kappa shape index (κ3) is 2.83. The van der Waals surface area contributed by atoms with Gasteiger partial charge >= 0.3 is 5.69 Å². The van der Waals surface area contributed by atoms with Gasteiger partial charge in [0.05, 0.1) is 6.54 Å². The molecule has 0 aliphatic heterocycles. The molecule has 0 fully saturated rings. The number of hydrogen-bond acceptors (Lipinski definition) is 4. The van der Waals surface area contributed by atoms with Crippen LogP contribution in [0.15, 0.2) is 10.9 Å². The first kappa shape index (κ1) is 13.7. The molecule has 2 aromatic heterocycles. The van der Waals surface area contributed by atoms with Crippen molar-refractivity contribution < 1.29 is 8.78 Å². The average Bonchev–Trinajstić information content (AvgIpc) is 2.70. The van der Waals surface area contributed by atoms with Crippen LogP contribution in [0.2, 0.25) is 0 Å². The van der Waals surface area contributed by atoms with E-state index < -0.39 is 18.7 Å². The van der Waals surface area contributed by atoms with E-state index in [9.17, 15) is 13.6 Å². The van der Waals surface area contributed by atoms with Crippen molar-refractivity contribution in [2.24, 2.45) is 0 Å². The Morgan fingerprint density at radius 1 is 1.58 bits per heavy atom. The Morgan fingerprint density at radius 2 is 2.32 bits per heavy atom. The van der Waals surface area contributed by atoms with Crippen LogP contribution in [-0.4, -0.2) is 45.0 Å². The van der Waals surface area contributed by atoms with Crippen molar-refractivity contribution in [1.82, 2.24) is 19.6 Å². The summed E-state index contributed by atoms with van der Waals surface area (Å²) in [5, 5.41) is 6.08. The van der Waals surface area contributed by atoms with Gasteiger partial charge in [-0.3, -0.25) is 0 Å². The zero-order valence-electron chi connectivity index (χ0n) is 10.1. The molecule has 0 bridgehead atoms. The fourth-order valence-electron chi connectivity index (χ4n) is 1.81. The van der Waals surface area contributed by atoms with E-state index in [0.717, 1.165) is 0 Å². The molecule has 19 heavy (non-hydrogen) atoms. The van der Waals surface area contributed by atoms with E-state index in [4.69, 9.17) is 11.6 Å². The number of aromatic amines is 1. The summed E-state index contributed by atoms with van der Waals surface area (Å²) in [4.78, 5) is 16.9. The Hall–Kier alpha value is -1.70. The van der Waals surface area contributed by atoms with Crippen molar-refractivity contribution >= 4 is 23.1 Å². The van der Waals surface area contributed by atoms with Gasteiger partial charge in [-0.25, -0.2) is 28.1 Å². The molecule has 0 aliphatic carbocycles. The zero-order chi connectivity index (χ0) is 14.0. The Bertz CT molecular complexity index is 626. The summed E-state index contributed by atoms with van der Waals surface area (Å²) in [7, 11) is 0. The SMILES string of the molecule is Cc1nc(N(CCCl)CC(F)F)cc2n[nH]c(=O)n12. The summed E-state index contributed by atoms with van der Waals surface area (Å²) >= 11 is 5.60. The van der Waals surface area contributed by atoms with Crippen LogP contribution in [0.1, 0.15) is 5.82 Å². The van der Waals surface area contributed by atoms with Gasteiger partial charge in [0.1, 0.15) is 11.6 Å². The number of aryl methyl sites for hydroxylation is 1. The van der Waals surface area contributed by atoms with E-state index in [-0.39, 0.29) is 12.4 Å². The van der Waals surface area contributed by atoms with E-state index >= 15 is 0 Å². The molecule has 1 N–H and O–H groups in total. The molecule has 6 nitrogen and oxygen atoms in total. The van der Waals surface area contributed by atoms with Crippen LogP contribution < -0.4 is 10.6 Å². The van der Waals surface area contributed by atoms with Gasteiger partial charge in [0.25, 0.3) is 6.43 Å². The molecule has 2 aromatic rings. The van der Waals surface area contributed by atoms with Crippen molar-refractivity contribution in [3.8, 4) is 0 Å². The molecule has 104 valence electrons. The highest BCUT2D eigenvalue weighted by Crippen LogP contribution is 2.15. The number of rotatable bonds is 5. The monoisotopic (exact) mass is 291 g/mol. The number of nitrogens with zero attached hydrogens (tertiary/aromatic N) is 4. The minimum absolute atomic E-state index is 0.200. The minimum atomic E-state index is -2.50. The van der Waals surface area contributed by atoms with E-state index in [1.54, 1.807) is 6.92 Å². The summed E-state index contributed by atoms with van der Waals surface area (Å²) in [6, 6.07) is 1.47. The second-order valence-electron chi connectivity index (χ2n) is 3.91. The fraction of sp³-hybridized carbons (Fsp3) is 0.500. The van der Waals surface area contributed by atoms with Crippen LogP contribution in [-0.2, 0) is 0 Å². The minimum Gasteiger partial charge on any atom is -0.350 e. The second kappa shape index (κ2) is 5.52. The predicted molar refractivity (Wildman–Crippen MR) is 67.3 cm³/mol. The molecular formula is C10H12ClF2N5O. The lowest BCUT2D eigenvalue weighted by Gasteiger charge is -2.22. The van der Waals surface area contributed by atoms with E-state index in [1.165, 1.54) is 15.4 Å². The molecule has 0 radical (unpaired) electrons. The Kier molecular flexibility index (Phi) is 3.98. The third-order valence-electron chi connectivity index (χ3n) is 2.59. The molecule has 0 aromatic carbocycles. The van der Waals surface area contributed by atoms with Crippen LogP contribution in [0, 0.1) is 6.92 Å². The normalized spacial score (nSPS) is 11.4.